The van der Waals surface area contributed by atoms with Crippen molar-refractivity contribution in [3.8, 4) is 17.0 Å². The summed E-state index contributed by atoms with van der Waals surface area (Å²) in [4.78, 5) is 19.4. The zero-order valence-corrected chi connectivity index (χ0v) is 17.1. The number of urea groups is 1. The topological polar surface area (TPSA) is 96.9 Å². The van der Waals surface area contributed by atoms with E-state index in [2.05, 4.69) is 32.7 Å². The summed E-state index contributed by atoms with van der Waals surface area (Å²) in [6.07, 6.45) is 0. The van der Waals surface area contributed by atoms with E-state index < -0.39 is 0 Å². The highest BCUT2D eigenvalue weighted by molar-refractivity contribution is 5.78. The molecule has 0 saturated carbocycles. The summed E-state index contributed by atoms with van der Waals surface area (Å²) >= 11 is 0. The molecule has 4 heterocycles. The van der Waals surface area contributed by atoms with Crippen LogP contribution in [0.1, 0.15) is 6.92 Å². The molecule has 2 fully saturated rings. The molecule has 2 aromatic rings. The molecule has 0 radical (unpaired) electrons. The number of fused-ring (bicyclic) bond motifs is 3. The van der Waals surface area contributed by atoms with E-state index in [0.29, 0.717) is 24.3 Å². The average molecular weight is 409 g/mol. The molecule has 3 aliphatic rings. The van der Waals surface area contributed by atoms with Gasteiger partial charge in [0.1, 0.15) is 5.75 Å². The summed E-state index contributed by atoms with van der Waals surface area (Å²) in [6, 6.07) is 9.66. The van der Waals surface area contributed by atoms with Crippen molar-refractivity contribution in [3.05, 3.63) is 30.3 Å². The van der Waals surface area contributed by atoms with Gasteiger partial charge in [0.05, 0.1) is 17.4 Å². The number of para-hydroxylation sites is 1. The predicted molar refractivity (Wildman–Crippen MR) is 115 cm³/mol. The highest BCUT2D eigenvalue weighted by Crippen LogP contribution is 2.36. The number of amides is 2. The fourth-order valence-corrected chi connectivity index (χ4v) is 4.59. The summed E-state index contributed by atoms with van der Waals surface area (Å²) in [6.45, 7) is 7.37. The minimum atomic E-state index is 0.136. The van der Waals surface area contributed by atoms with E-state index in [0.717, 1.165) is 44.2 Å². The van der Waals surface area contributed by atoms with Crippen molar-refractivity contribution in [2.45, 2.75) is 19.0 Å². The van der Waals surface area contributed by atoms with Gasteiger partial charge in [-0.05, 0) is 25.1 Å². The molecule has 3 N–H and O–H groups in total. The number of hydrogen-bond acceptors (Lipinski definition) is 7. The maximum Gasteiger partial charge on any atom is 0.320 e. The number of nitrogens with zero attached hydrogens (tertiary/aromatic N) is 5. The number of phenolic OH excluding ortho intramolecular Hbond substituents is 1. The number of aromatic nitrogens is 2. The fraction of sp³-hybridized carbons (Fsp3) is 0.476. The van der Waals surface area contributed by atoms with Crippen LogP contribution in [0.2, 0.25) is 0 Å². The van der Waals surface area contributed by atoms with Crippen molar-refractivity contribution in [2.75, 3.05) is 56.0 Å². The van der Waals surface area contributed by atoms with Crippen LogP contribution < -0.4 is 15.5 Å². The normalized spacial score (nSPS) is 23.4. The van der Waals surface area contributed by atoms with E-state index in [1.807, 2.05) is 28.0 Å². The van der Waals surface area contributed by atoms with Gasteiger partial charge in [0, 0.05) is 57.4 Å². The molecule has 0 aliphatic carbocycles. The fourth-order valence-electron chi connectivity index (χ4n) is 4.59. The Morgan fingerprint density at radius 3 is 2.87 bits per heavy atom. The van der Waals surface area contributed by atoms with Crippen molar-refractivity contribution >= 4 is 17.5 Å². The Kier molecular flexibility index (Phi) is 4.82. The monoisotopic (exact) mass is 409 g/mol. The van der Waals surface area contributed by atoms with Crippen molar-refractivity contribution < 1.29 is 9.90 Å². The predicted octanol–water partition coefficient (Wildman–Crippen LogP) is 1.18. The van der Waals surface area contributed by atoms with Gasteiger partial charge in [0.2, 0.25) is 0 Å². The van der Waals surface area contributed by atoms with E-state index in [4.69, 9.17) is 0 Å². The number of rotatable bonds is 1. The van der Waals surface area contributed by atoms with Crippen LogP contribution in [0.4, 0.5) is 16.3 Å². The number of phenols is 1. The molecule has 0 bridgehead atoms. The third kappa shape index (κ3) is 3.28. The van der Waals surface area contributed by atoms with E-state index in [1.54, 1.807) is 12.1 Å². The number of aromatic hydroxyl groups is 1. The SMILES string of the molecule is CC1CNCCN1C(=O)N1CCN2c3cc(-c4ccccc4O)nnc3NC[C@H]2C1. The number of carbonyl (C=O) groups excluding carboxylic acids is 1. The number of nitrogens with one attached hydrogen (secondary N) is 2. The minimum Gasteiger partial charge on any atom is -0.507 e. The second kappa shape index (κ2) is 7.64. The Labute approximate surface area is 175 Å². The third-order valence-electron chi connectivity index (χ3n) is 6.27. The molecule has 9 heteroatoms. The first-order valence-electron chi connectivity index (χ1n) is 10.5. The first kappa shape index (κ1) is 18.9. The summed E-state index contributed by atoms with van der Waals surface area (Å²) in [5.41, 5.74) is 2.28. The molecule has 30 heavy (non-hydrogen) atoms. The molecule has 3 aliphatic heterocycles. The number of anilines is 2. The summed E-state index contributed by atoms with van der Waals surface area (Å²) in [5.74, 6) is 0.938. The second-order valence-corrected chi connectivity index (χ2v) is 8.18. The van der Waals surface area contributed by atoms with Gasteiger partial charge in [-0.1, -0.05) is 12.1 Å². The average Bonchev–Trinajstić information content (AvgIpc) is 2.78. The number of carbonyl (C=O) groups is 1. The van der Waals surface area contributed by atoms with Crippen LogP contribution in [0.3, 0.4) is 0 Å². The third-order valence-corrected chi connectivity index (χ3v) is 6.27. The first-order valence-corrected chi connectivity index (χ1v) is 10.5. The highest BCUT2D eigenvalue weighted by Gasteiger charge is 2.37. The summed E-state index contributed by atoms with van der Waals surface area (Å²) in [7, 11) is 0. The highest BCUT2D eigenvalue weighted by atomic mass is 16.3. The van der Waals surface area contributed by atoms with Gasteiger partial charge in [-0.25, -0.2) is 4.79 Å². The quantitative estimate of drug-likeness (QED) is 0.651. The number of piperazine rings is 2. The van der Waals surface area contributed by atoms with Gasteiger partial charge in [0.15, 0.2) is 5.82 Å². The summed E-state index contributed by atoms with van der Waals surface area (Å²) in [5, 5.41) is 25.5. The zero-order chi connectivity index (χ0) is 20.7. The molecule has 158 valence electrons. The van der Waals surface area contributed by atoms with Crippen molar-refractivity contribution in [3.63, 3.8) is 0 Å². The molecule has 1 aromatic carbocycles. The van der Waals surface area contributed by atoms with Gasteiger partial charge in [0.25, 0.3) is 0 Å². The Balaban J connectivity index is 1.36. The minimum absolute atomic E-state index is 0.136. The molecule has 2 atom stereocenters. The zero-order valence-electron chi connectivity index (χ0n) is 17.1. The Bertz CT molecular complexity index is 953. The first-order chi connectivity index (χ1) is 14.6. The van der Waals surface area contributed by atoms with E-state index in [-0.39, 0.29) is 23.9 Å². The molecule has 0 spiro atoms. The summed E-state index contributed by atoms with van der Waals surface area (Å²) < 4.78 is 0. The second-order valence-electron chi connectivity index (χ2n) is 8.18. The van der Waals surface area contributed by atoms with Gasteiger partial charge in [-0.3, -0.25) is 0 Å². The van der Waals surface area contributed by atoms with Crippen LogP contribution in [-0.4, -0.2) is 89.0 Å². The number of benzene rings is 1. The molecular formula is C21H27N7O2. The van der Waals surface area contributed by atoms with E-state index >= 15 is 0 Å². The maximum atomic E-state index is 13.1. The van der Waals surface area contributed by atoms with Crippen LogP contribution in [0.15, 0.2) is 30.3 Å². The number of hydrogen-bond donors (Lipinski definition) is 3. The lowest BCUT2D eigenvalue weighted by molar-refractivity contribution is 0.118. The van der Waals surface area contributed by atoms with Crippen molar-refractivity contribution in [1.82, 2.24) is 25.3 Å². The lowest BCUT2D eigenvalue weighted by Crippen LogP contribution is -2.63. The van der Waals surface area contributed by atoms with Crippen molar-refractivity contribution in [2.24, 2.45) is 0 Å². The lowest BCUT2D eigenvalue weighted by Gasteiger charge is -2.47. The Hall–Kier alpha value is -3.07. The molecule has 9 nitrogen and oxygen atoms in total. The molecule has 2 saturated heterocycles. The van der Waals surface area contributed by atoms with E-state index in [9.17, 15) is 9.90 Å². The van der Waals surface area contributed by atoms with Crippen LogP contribution in [0.25, 0.3) is 11.3 Å². The van der Waals surface area contributed by atoms with Gasteiger partial charge >= 0.3 is 6.03 Å². The standard InChI is InChI=1S/C21H27N7O2/c1-14-11-22-6-7-27(14)21(30)26-8-9-28-15(13-26)12-23-20-18(28)10-17(24-25-20)16-4-2-3-5-19(16)29/h2-5,10,14-15,22,29H,6-9,11-13H2,1H3,(H,23,25)/t14?,15-/m0/s1. The molecule has 5 rings (SSSR count). The molecule has 1 unspecified atom stereocenters. The van der Waals surface area contributed by atoms with Gasteiger partial charge in [-0.2, -0.15) is 0 Å². The van der Waals surface area contributed by atoms with Crippen LogP contribution in [-0.2, 0) is 0 Å². The van der Waals surface area contributed by atoms with Crippen molar-refractivity contribution in [1.29, 1.82) is 0 Å². The van der Waals surface area contributed by atoms with Gasteiger partial charge in [-0.15, -0.1) is 10.2 Å². The van der Waals surface area contributed by atoms with Gasteiger partial charge < -0.3 is 30.4 Å². The van der Waals surface area contributed by atoms with Crippen LogP contribution in [0.5, 0.6) is 5.75 Å². The lowest BCUT2D eigenvalue weighted by atomic mass is 10.1. The van der Waals surface area contributed by atoms with Crippen LogP contribution in [0, 0.1) is 0 Å². The maximum absolute atomic E-state index is 13.1. The molecular weight excluding hydrogens is 382 g/mol. The molecule has 2 amide bonds. The molecule has 1 aromatic heterocycles. The largest absolute Gasteiger partial charge is 0.507 e. The van der Waals surface area contributed by atoms with Crippen LogP contribution >= 0.6 is 0 Å². The Morgan fingerprint density at radius 1 is 1.17 bits per heavy atom. The Morgan fingerprint density at radius 2 is 2.03 bits per heavy atom. The van der Waals surface area contributed by atoms with E-state index in [1.165, 1.54) is 0 Å². The smallest absolute Gasteiger partial charge is 0.320 e.